The van der Waals surface area contributed by atoms with Crippen LogP contribution in [0.25, 0.3) is 10.9 Å². The molecule has 1 aromatic heterocycles. The van der Waals surface area contributed by atoms with Crippen LogP contribution in [0.15, 0.2) is 30.5 Å². The molecule has 14 nitrogen and oxygen atoms in total. The maximum absolute atomic E-state index is 9.01. The number of rotatable bonds is 10. The summed E-state index contributed by atoms with van der Waals surface area (Å²) in [4.78, 5) is 23.1. The lowest BCUT2D eigenvalue weighted by molar-refractivity contribution is -0.742. The topological polar surface area (TPSA) is 205 Å². The van der Waals surface area contributed by atoms with Gasteiger partial charge in [0.15, 0.2) is 0 Å². The minimum absolute atomic E-state index is 0.113. The van der Waals surface area contributed by atoms with Crippen LogP contribution in [0.2, 0.25) is 0 Å². The van der Waals surface area contributed by atoms with Gasteiger partial charge in [-0.05, 0) is 37.2 Å². The molecule has 0 aliphatic rings. The predicted octanol–water partition coefficient (Wildman–Crippen LogP) is 0.637. The van der Waals surface area contributed by atoms with Crippen LogP contribution in [0.3, 0.4) is 0 Å². The fraction of sp³-hybridized carbons (Fsp3) is 0.471. The Balaban J connectivity index is 0.000000967. The van der Waals surface area contributed by atoms with Crippen molar-refractivity contribution in [3.05, 3.63) is 50.7 Å². The number of hydrogen-bond donors (Lipinski definition) is 5. The second-order valence-corrected chi connectivity index (χ2v) is 5.79. The highest BCUT2D eigenvalue weighted by atomic mass is 16.9. The van der Waals surface area contributed by atoms with Gasteiger partial charge in [-0.25, -0.2) is 0 Å². The number of aliphatic hydroxyl groups is 2. The van der Waals surface area contributed by atoms with Crippen LogP contribution < -0.4 is 10.1 Å². The van der Waals surface area contributed by atoms with Gasteiger partial charge >= 0.3 is 0 Å². The maximum atomic E-state index is 9.01. The van der Waals surface area contributed by atoms with Crippen LogP contribution in [-0.4, -0.2) is 87.2 Å². The van der Waals surface area contributed by atoms with Crippen molar-refractivity contribution in [2.24, 2.45) is 0 Å². The van der Waals surface area contributed by atoms with Gasteiger partial charge in [0.2, 0.25) is 0 Å². The Labute approximate surface area is 177 Å². The summed E-state index contributed by atoms with van der Waals surface area (Å²) in [7, 11) is 1.65. The van der Waals surface area contributed by atoms with E-state index in [4.69, 9.17) is 45.6 Å². The van der Waals surface area contributed by atoms with Crippen LogP contribution in [0.1, 0.15) is 6.42 Å². The lowest BCUT2D eigenvalue weighted by atomic mass is 10.1. The number of methoxy groups -OCH3 is 1. The molecule has 1 heterocycles. The van der Waals surface area contributed by atoms with Crippen LogP contribution in [0.5, 0.6) is 5.75 Å². The first-order valence-electron chi connectivity index (χ1n) is 9.02. The predicted molar refractivity (Wildman–Crippen MR) is 110 cm³/mol. The second-order valence-electron chi connectivity index (χ2n) is 5.79. The van der Waals surface area contributed by atoms with Gasteiger partial charge in [0.05, 0.1) is 25.8 Å². The molecule has 2 aromatic rings. The van der Waals surface area contributed by atoms with E-state index in [-0.39, 0.29) is 13.2 Å². The van der Waals surface area contributed by atoms with Gasteiger partial charge in [0, 0.05) is 36.9 Å². The van der Waals surface area contributed by atoms with E-state index in [9.17, 15) is 0 Å². The van der Waals surface area contributed by atoms with Gasteiger partial charge in [-0.3, -0.25) is 9.88 Å². The molecule has 0 aliphatic carbocycles. The summed E-state index contributed by atoms with van der Waals surface area (Å²) in [6, 6.07) is 7.79. The van der Waals surface area contributed by atoms with Crippen molar-refractivity contribution < 1.29 is 35.5 Å². The summed E-state index contributed by atoms with van der Waals surface area (Å²) < 4.78 is 5.28. The Kier molecular flexibility index (Phi) is 14.5. The van der Waals surface area contributed by atoms with Gasteiger partial charge < -0.3 is 30.7 Å². The Morgan fingerprint density at radius 1 is 1.06 bits per heavy atom. The van der Waals surface area contributed by atoms with Gasteiger partial charge in [0.25, 0.3) is 10.2 Å². The maximum Gasteiger partial charge on any atom is 0.291 e. The molecular formula is C17H27N5O9. The zero-order valence-electron chi connectivity index (χ0n) is 17.0. The first-order valence-corrected chi connectivity index (χ1v) is 9.02. The summed E-state index contributed by atoms with van der Waals surface area (Å²) in [5, 5.41) is 49.8. The molecule has 5 N–H and O–H groups in total. The second kappa shape index (κ2) is 16.3. The van der Waals surface area contributed by atoms with Gasteiger partial charge in [-0.1, -0.05) is 0 Å². The molecule has 0 saturated heterocycles. The molecule has 0 amide bonds. The zero-order chi connectivity index (χ0) is 23.6. The highest BCUT2D eigenvalue weighted by Crippen LogP contribution is 2.25. The number of hydrogen-bond acceptors (Lipinski definition) is 10. The quantitative estimate of drug-likeness (QED) is 0.194. The summed E-state index contributed by atoms with van der Waals surface area (Å²) in [5.41, 5.74) is 1.96. The normalized spacial score (nSPS) is 9.81. The number of ether oxygens (including phenoxy) is 1. The third-order valence-electron chi connectivity index (χ3n) is 3.75. The van der Waals surface area contributed by atoms with E-state index in [1.807, 2.05) is 24.3 Å². The number of aromatic nitrogens is 1. The number of nitrogens with one attached hydrogen (secondary N) is 1. The van der Waals surface area contributed by atoms with Crippen molar-refractivity contribution in [1.29, 1.82) is 0 Å². The highest BCUT2D eigenvalue weighted by Gasteiger charge is 2.05. The molecule has 0 saturated carbocycles. The molecule has 0 aliphatic heterocycles. The van der Waals surface area contributed by atoms with Crippen molar-refractivity contribution in [3.63, 3.8) is 0 Å². The third kappa shape index (κ3) is 13.4. The van der Waals surface area contributed by atoms with Crippen LogP contribution in [0.4, 0.5) is 5.69 Å². The molecule has 31 heavy (non-hydrogen) atoms. The monoisotopic (exact) mass is 445 g/mol. The van der Waals surface area contributed by atoms with Crippen molar-refractivity contribution in [1.82, 2.24) is 9.88 Å². The lowest BCUT2D eigenvalue weighted by Crippen LogP contribution is -2.31. The Hall–Kier alpha value is -3.49. The number of aliphatic hydroxyl groups excluding tert-OH is 2. The molecule has 174 valence electrons. The Morgan fingerprint density at radius 3 is 2.16 bits per heavy atom. The van der Waals surface area contributed by atoms with Gasteiger partial charge in [-0.15, -0.1) is 20.2 Å². The lowest BCUT2D eigenvalue weighted by Gasteiger charge is -2.20. The molecule has 0 radical (unpaired) electrons. The number of pyridine rings is 1. The van der Waals surface area contributed by atoms with Gasteiger partial charge in [-0.2, -0.15) is 0 Å². The van der Waals surface area contributed by atoms with E-state index in [2.05, 4.69) is 15.2 Å². The van der Waals surface area contributed by atoms with Crippen LogP contribution in [-0.2, 0) is 0 Å². The average molecular weight is 445 g/mol. The molecule has 0 spiro atoms. The standard InChI is InChI=1S/C17H25N3O3.2HNO3/c1-23-14-3-4-16-15(13-14)17(5-7-19-16)18-6-2-8-20(9-11-21)10-12-22;2*2-1(3)4/h3-5,7,13,21-22H,2,6,8-12H2,1H3,(H,18,19);2*(H,2,3,4). The third-order valence-corrected chi connectivity index (χ3v) is 3.75. The summed E-state index contributed by atoms with van der Waals surface area (Å²) in [6.45, 7) is 3.06. The van der Waals surface area contributed by atoms with Crippen molar-refractivity contribution >= 4 is 16.6 Å². The van der Waals surface area contributed by atoms with Crippen LogP contribution >= 0.6 is 0 Å². The van der Waals surface area contributed by atoms with Crippen molar-refractivity contribution in [3.8, 4) is 5.75 Å². The fourth-order valence-corrected chi connectivity index (χ4v) is 2.55. The molecule has 14 heteroatoms. The molecule has 0 unspecified atom stereocenters. The van der Waals surface area contributed by atoms with Crippen molar-refractivity contribution in [2.45, 2.75) is 6.42 Å². The largest absolute Gasteiger partial charge is 0.497 e. The van der Waals surface area contributed by atoms with E-state index in [0.29, 0.717) is 13.1 Å². The first kappa shape index (κ1) is 27.5. The first-order chi connectivity index (χ1) is 14.7. The molecule has 0 fully saturated rings. The molecule has 2 rings (SSSR count). The summed E-state index contributed by atoms with van der Waals surface area (Å²) in [5.74, 6) is 0.811. The van der Waals surface area contributed by atoms with Gasteiger partial charge in [0.1, 0.15) is 5.75 Å². The molecule has 0 atom stereocenters. The molecule has 1 aromatic carbocycles. The Bertz CT molecular complexity index is 768. The summed E-state index contributed by atoms with van der Waals surface area (Å²) in [6.07, 6.45) is 2.72. The average Bonchev–Trinajstić information content (AvgIpc) is 2.70. The van der Waals surface area contributed by atoms with E-state index in [1.165, 1.54) is 0 Å². The minimum atomic E-state index is -1.50. The Morgan fingerprint density at radius 2 is 1.65 bits per heavy atom. The molecular weight excluding hydrogens is 418 g/mol. The van der Waals surface area contributed by atoms with Crippen molar-refractivity contribution in [2.75, 3.05) is 51.8 Å². The van der Waals surface area contributed by atoms with E-state index < -0.39 is 10.2 Å². The smallest absolute Gasteiger partial charge is 0.291 e. The van der Waals surface area contributed by atoms with E-state index >= 15 is 0 Å². The zero-order valence-corrected chi connectivity index (χ0v) is 17.0. The number of anilines is 1. The van der Waals surface area contributed by atoms with Crippen LogP contribution in [0, 0.1) is 20.2 Å². The molecule has 0 bridgehead atoms. The highest BCUT2D eigenvalue weighted by molar-refractivity contribution is 5.92. The number of benzene rings is 1. The summed E-state index contributed by atoms with van der Waals surface area (Å²) >= 11 is 0. The number of nitrogens with zero attached hydrogens (tertiary/aromatic N) is 4. The van der Waals surface area contributed by atoms with E-state index in [1.54, 1.807) is 13.3 Å². The SMILES string of the molecule is COc1ccc2nccc(NCCCN(CCO)CCO)c2c1.O=[N+]([O-])O.O=[N+]([O-])O. The number of fused-ring (bicyclic) bond motifs is 1. The fourth-order valence-electron chi connectivity index (χ4n) is 2.55. The minimum Gasteiger partial charge on any atom is -0.497 e. The van der Waals surface area contributed by atoms with E-state index in [0.717, 1.165) is 41.9 Å².